The Morgan fingerprint density at radius 2 is 0.958 bits per heavy atom. The average molecular weight is 322 g/mol. The van der Waals surface area contributed by atoms with Crippen LogP contribution in [0.15, 0.2) is 48.5 Å². The highest BCUT2D eigenvalue weighted by atomic mass is 16.1. The number of hydrogen-bond acceptors (Lipinski definition) is 1. The van der Waals surface area contributed by atoms with Crippen molar-refractivity contribution >= 4 is 5.78 Å². The first-order chi connectivity index (χ1) is 11.3. The highest BCUT2D eigenvalue weighted by Crippen LogP contribution is 2.29. The van der Waals surface area contributed by atoms with E-state index in [0.717, 1.165) is 11.1 Å². The van der Waals surface area contributed by atoms with Crippen molar-refractivity contribution in [3.8, 4) is 0 Å². The molecule has 2 aromatic rings. The quantitative estimate of drug-likeness (QED) is 0.600. The molecule has 0 fully saturated rings. The lowest BCUT2D eigenvalue weighted by molar-refractivity contribution is -0.121. The average Bonchev–Trinajstić information content (AvgIpc) is 2.59. The Kier molecular flexibility index (Phi) is 5.99. The van der Waals surface area contributed by atoms with E-state index < -0.39 is 0 Å². The van der Waals surface area contributed by atoms with Crippen LogP contribution in [0.2, 0.25) is 0 Å². The van der Waals surface area contributed by atoms with E-state index in [2.05, 4.69) is 76.2 Å². The second kappa shape index (κ2) is 7.79. The number of rotatable bonds is 6. The minimum atomic E-state index is -0.0820. The molecule has 0 radical (unpaired) electrons. The first kappa shape index (κ1) is 18.4. The van der Waals surface area contributed by atoms with Crippen molar-refractivity contribution in [2.24, 2.45) is 0 Å². The van der Waals surface area contributed by atoms with Gasteiger partial charge in [0.25, 0.3) is 0 Å². The Bertz CT molecular complexity index is 637. The fraction of sp³-hybridized carbons (Fsp3) is 0.435. The summed E-state index contributed by atoms with van der Waals surface area (Å²) in [4.78, 5) is 13.0. The Morgan fingerprint density at radius 3 is 1.29 bits per heavy atom. The van der Waals surface area contributed by atoms with Gasteiger partial charge in [0, 0.05) is 11.8 Å². The first-order valence-corrected chi connectivity index (χ1v) is 9.04. The summed E-state index contributed by atoms with van der Waals surface area (Å²) in [7, 11) is 0. The van der Waals surface area contributed by atoms with Crippen LogP contribution < -0.4 is 0 Å². The minimum absolute atomic E-state index is 0.0820. The Labute approximate surface area is 147 Å². The van der Waals surface area contributed by atoms with Gasteiger partial charge in [0.2, 0.25) is 0 Å². The maximum atomic E-state index is 13.0. The third-order valence-electron chi connectivity index (χ3n) is 5.01. The third kappa shape index (κ3) is 4.14. The number of carbonyl (C=O) groups excluding carboxylic acids is 1. The van der Waals surface area contributed by atoms with Gasteiger partial charge in [-0.15, -0.1) is 0 Å². The van der Waals surface area contributed by atoms with Crippen molar-refractivity contribution in [1.29, 1.82) is 0 Å². The predicted molar refractivity (Wildman–Crippen MR) is 103 cm³/mol. The topological polar surface area (TPSA) is 17.1 Å². The van der Waals surface area contributed by atoms with Gasteiger partial charge in [-0.05, 0) is 34.1 Å². The van der Waals surface area contributed by atoms with E-state index in [1.807, 2.05) is 13.8 Å². The van der Waals surface area contributed by atoms with Gasteiger partial charge in [-0.25, -0.2) is 0 Å². The Morgan fingerprint density at radius 1 is 0.625 bits per heavy atom. The highest BCUT2D eigenvalue weighted by molar-refractivity contribution is 5.91. The molecule has 0 spiro atoms. The highest BCUT2D eigenvalue weighted by Gasteiger charge is 2.23. The second-order valence-corrected chi connectivity index (χ2v) is 7.50. The fourth-order valence-electron chi connectivity index (χ4n) is 3.08. The molecule has 1 nitrogen and oxygen atoms in total. The zero-order valence-electron chi connectivity index (χ0n) is 15.8. The van der Waals surface area contributed by atoms with Crippen LogP contribution in [0.4, 0.5) is 0 Å². The van der Waals surface area contributed by atoms with Crippen molar-refractivity contribution < 1.29 is 4.79 Å². The number of hydrogen-bond donors (Lipinski definition) is 0. The van der Waals surface area contributed by atoms with Crippen LogP contribution in [0, 0.1) is 0 Å². The molecule has 2 rings (SSSR count). The van der Waals surface area contributed by atoms with Crippen LogP contribution >= 0.6 is 0 Å². The Hall–Kier alpha value is -1.89. The van der Waals surface area contributed by atoms with E-state index in [-0.39, 0.29) is 17.6 Å². The predicted octanol–water partition coefficient (Wildman–Crippen LogP) is 6.41. The number of carbonyl (C=O) groups is 1. The summed E-state index contributed by atoms with van der Waals surface area (Å²) in [6.07, 6.45) is 0. The summed E-state index contributed by atoms with van der Waals surface area (Å²) in [6, 6.07) is 16.9. The van der Waals surface area contributed by atoms with Gasteiger partial charge < -0.3 is 0 Å². The molecule has 0 N–H and O–H groups in total. The van der Waals surface area contributed by atoms with Gasteiger partial charge >= 0.3 is 0 Å². The molecular formula is C23H30O. The molecule has 2 unspecified atom stereocenters. The van der Waals surface area contributed by atoms with Crippen LogP contribution in [0.1, 0.15) is 87.5 Å². The van der Waals surface area contributed by atoms with E-state index >= 15 is 0 Å². The normalized spacial score (nSPS) is 14.0. The standard InChI is InChI=1S/C23H30O/c1-15(2)19-9-7-11-21(13-19)17(5)23(24)18(6)22-12-8-10-20(14-22)16(3)4/h7-18H,1-6H3. The van der Waals surface area contributed by atoms with Crippen LogP contribution in [-0.2, 0) is 4.79 Å². The summed E-state index contributed by atoms with van der Waals surface area (Å²) in [6.45, 7) is 12.8. The van der Waals surface area contributed by atoms with Crippen LogP contribution in [0.25, 0.3) is 0 Å². The number of ketones is 1. The fourth-order valence-corrected chi connectivity index (χ4v) is 3.08. The van der Waals surface area contributed by atoms with Crippen LogP contribution in [0.3, 0.4) is 0 Å². The summed E-state index contributed by atoms with van der Waals surface area (Å²) in [5, 5.41) is 0. The van der Waals surface area contributed by atoms with Gasteiger partial charge in [0.1, 0.15) is 5.78 Å². The molecule has 0 saturated heterocycles. The van der Waals surface area contributed by atoms with Crippen molar-refractivity contribution in [1.82, 2.24) is 0 Å². The van der Waals surface area contributed by atoms with E-state index in [1.54, 1.807) is 0 Å². The third-order valence-corrected chi connectivity index (χ3v) is 5.01. The molecule has 0 aromatic heterocycles. The number of benzene rings is 2. The lowest BCUT2D eigenvalue weighted by Gasteiger charge is -2.19. The monoisotopic (exact) mass is 322 g/mol. The van der Waals surface area contributed by atoms with Crippen molar-refractivity contribution in [2.75, 3.05) is 0 Å². The van der Waals surface area contributed by atoms with Gasteiger partial charge in [-0.2, -0.15) is 0 Å². The molecular weight excluding hydrogens is 292 g/mol. The van der Waals surface area contributed by atoms with Crippen LogP contribution in [-0.4, -0.2) is 5.78 Å². The van der Waals surface area contributed by atoms with Gasteiger partial charge in [0.15, 0.2) is 0 Å². The SMILES string of the molecule is CC(C)c1cccc(C(C)C(=O)C(C)c2cccc(C(C)C)c2)c1. The molecule has 0 saturated carbocycles. The van der Waals surface area contributed by atoms with E-state index in [0.29, 0.717) is 11.8 Å². The molecule has 0 heterocycles. The molecule has 0 bridgehead atoms. The summed E-state index contributed by atoms with van der Waals surface area (Å²) in [5.41, 5.74) is 4.83. The molecule has 0 aliphatic rings. The zero-order valence-corrected chi connectivity index (χ0v) is 15.8. The van der Waals surface area contributed by atoms with Crippen molar-refractivity contribution in [3.05, 3.63) is 70.8 Å². The van der Waals surface area contributed by atoms with E-state index in [9.17, 15) is 4.79 Å². The molecule has 0 aliphatic heterocycles. The largest absolute Gasteiger partial charge is 0.298 e. The first-order valence-electron chi connectivity index (χ1n) is 9.04. The zero-order chi connectivity index (χ0) is 17.9. The van der Waals surface area contributed by atoms with Gasteiger partial charge in [0.05, 0.1) is 0 Å². The van der Waals surface area contributed by atoms with Crippen molar-refractivity contribution in [2.45, 2.75) is 65.2 Å². The van der Waals surface area contributed by atoms with Gasteiger partial charge in [-0.3, -0.25) is 4.79 Å². The summed E-state index contributed by atoms with van der Waals surface area (Å²) >= 11 is 0. The molecule has 2 aromatic carbocycles. The van der Waals surface area contributed by atoms with E-state index in [1.165, 1.54) is 11.1 Å². The molecule has 2 atom stereocenters. The van der Waals surface area contributed by atoms with E-state index in [4.69, 9.17) is 0 Å². The van der Waals surface area contributed by atoms with Crippen molar-refractivity contribution in [3.63, 3.8) is 0 Å². The molecule has 0 amide bonds. The lowest BCUT2D eigenvalue weighted by atomic mass is 9.84. The summed E-state index contributed by atoms with van der Waals surface area (Å²) < 4.78 is 0. The van der Waals surface area contributed by atoms with Crippen LogP contribution in [0.5, 0.6) is 0 Å². The second-order valence-electron chi connectivity index (χ2n) is 7.50. The summed E-state index contributed by atoms with van der Waals surface area (Å²) in [5.74, 6) is 1.08. The molecule has 24 heavy (non-hydrogen) atoms. The maximum Gasteiger partial charge on any atom is 0.147 e. The minimum Gasteiger partial charge on any atom is -0.298 e. The van der Waals surface area contributed by atoms with Gasteiger partial charge in [-0.1, -0.05) is 90.1 Å². The molecule has 128 valence electrons. The lowest BCUT2D eigenvalue weighted by Crippen LogP contribution is -2.17. The maximum absolute atomic E-state index is 13.0. The molecule has 0 aliphatic carbocycles. The Balaban J connectivity index is 2.24. The smallest absolute Gasteiger partial charge is 0.147 e. The molecule has 1 heteroatoms. The number of Topliss-reactive ketones (excluding diaryl/α,β-unsaturated/α-hetero) is 1.